The molecule has 2 amide bonds. The molecule has 1 heterocycles. The van der Waals surface area contributed by atoms with Crippen LogP contribution in [-0.2, 0) is 4.79 Å². The average Bonchev–Trinajstić information content (AvgIpc) is 2.57. The minimum absolute atomic E-state index is 0.0819. The molecule has 0 aromatic heterocycles. The molecule has 0 N–H and O–H groups in total. The van der Waals surface area contributed by atoms with Crippen molar-refractivity contribution >= 4 is 22.6 Å². The lowest BCUT2D eigenvalue weighted by molar-refractivity contribution is -0.141. The Morgan fingerprint density at radius 1 is 1.26 bits per heavy atom. The van der Waals surface area contributed by atoms with Crippen LogP contribution in [0.15, 0.2) is 55.1 Å². The number of likely N-dealkylation sites (tertiary alicyclic amines) is 1. The zero-order chi connectivity index (χ0) is 16.4. The summed E-state index contributed by atoms with van der Waals surface area (Å²) in [5, 5.41) is 1.90. The van der Waals surface area contributed by atoms with Crippen LogP contribution in [0.1, 0.15) is 36.5 Å². The van der Waals surface area contributed by atoms with Gasteiger partial charge in [-0.3, -0.25) is 14.5 Å². The number of carbonyl (C=O) groups is 2. The van der Waals surface area contributed by atoms with Crippen molar-refractivity contribution in [3.63, 3.8) is 0 Å². The van der Waals surface area contributed by atoms with Crippen LogP contribution >= 0.6 is 0 Å². The molecule has 23 heavy (non-hydrogen) atoms. The van der Waals surface area contributed by atoms with E-state index in [1.54, 1.807) is 12.1 Å². The number of benzene rings is 2. The van der Waals surface area contributed by atoms with Crippen LogP contribution in [0.2, 0.25) is 0 Å². The lowest BCUT2D eigenvalue weighted by Gasteiger charge is -2.38. The van der Waals surface area contributed by atoms with Crippen LogP contribution in [0.5, 0.6) is 0 Å². The summed E-state index contributed by atoms with van der Waals surface area (Å²) < 4.78 is 0. The number of nitrogens with zero attached hydrogens (tertiary/aromatic N) is 1. The van der Waals surface area contributed by atoms with Gasteiger partial charge in [0.2, 0.25) is 5.91 Å². The molecule has 0 radical (unpaired) electrons. The van der Waals surface area contributed by atoms with Gasteiger partial charge in [-0.2, -0.15) is 0 Å². The molecule has 118 valence electrons. The van der Waals surface area contributed by atoms with Crippen LogP contribution in [0.25, 0.3) is 10.8 Å². The molecule has 1 atom stereocenters. The Balaban J connectivity index is 1.99. The second-order valence-electron chi connectivity index (χ2n) is 6.45. The van der Waals surface area contributed by atoms with Crippen LogP contribution in [0, 0.1) is 5.41 Å². The molecule has 1 aliphatic rings. The second kappa shape index (κ2) is 5.99. The first-order chi connectivity index (χ1) is 11.1. The number of fused-ring (bicyclic) bond motifs is 1. The van der Waals surface area contributed by atoms with Crippen LogP contribution in [0.3, 0.4) is 0 Å². The fourth-order valence-electron chi connectivity index (χ4n) is 3.42. The van der Waals surface area contributed by atoms with Gasteiger partial charge in [0, 0.05) is 12.1 Å². The number of carbonyl (C=O) groups excluding carboxylic acids is 2. The van der Waals surface area contributed by atoms with E-state index in [-0.39, 0.29) is 11.8 Å². The largest absolute Gasteiger partial charge is 0.278 e. The molecule has 3 rings (SSSR count). The van der Waals surface area contributed by atoms with Crippen LogP contribution in [0.4, 0.5) is 0 Å². The van der Waals surface area contributed by atoms with Gasteiger partial charge in [-0.15, -0.1) is 6.58 Å². The predicted octanol–water partition coefficient (Wildman–Crippen LogP) is 4.18. The normalized spacial score (nSPS) is 21.4. The third-order valence-corrected chi connectivity index (χ3v) is 4.73. The molecule has 1 saturated heterocycles. The smallest absolute Gasteiger partial charge is 0.261 e. The number of rotatable bonds is 3. The van der Waals surface area contributed by atoms with Crippen molar-refractivity contribution in [2.24, 2.45) is 5.41 Å². The van der Waals surface area contributed by atoms with Crippen molar-refractivity contribution in [2.45, 2.75) is 26.2 Å². The van der Waals surface area contributed by atoms with E-state index in [4.69, 9.17) is 0 Å². The van der Waals surface area contributed by atoms with Crippen molar-refractivity contribution < 1.29 is 9.59 Å². The van der Waals surface area contributed by atoms with Gasteiger partial charge < -0.3 is 0 Å². The van der Waals surface area contributed by atoms with Crippen molar-refractivity contribution in [3.8, 4) is 0 Å². The Hall–Kier alpha value is -2.42. The summed E-state index contributed by atoms with van der Waals surface area (Å²) in [4.78, 5) is 27.3. The van der Waals surface area contributed by atoms with Crippen molar-refractivity contribution in [1.82, 2.24) is 4.90 Å². The Morgan fingerprint density at radius 3 is 2.78 bits per heavy atom. The Bertz CT molecular complexity index is 775. The highest BCUT2D eigenvalue weighted by Crippen LogP contribution is 2.35. The fraction of sp³-hybridized carbons (Fsp3) is 0.300. The van der Waals surface area contributed by atoms with Gasteiger partial charge in [0.1, 0.15) is 0 Å². The summed E-state index contributed by atoms with van der Waals surface area (Å²) in [5.74, 6) is -0.275. The SMILES string of the molecule is C=CCC1(C)CCCN(C(=O)c2cccc3ccccc23)C1=O. The van der Waals surface area contributed by atoms with Gasteiger partial charge in [0.05, 0.1) is 5.41 Å². The second-order valence-corrected chi connectivity index (χ2v) is 6.45. The summed E-state index contributed by atoms with van der Waals surface area (Å²) in [6.45, 7) is 6.17. The molecule has 0 aliphatic carbocycles. The molecular weight excluding hydrogens is 286 g/mol. The molecule has 0 bridgehead atoms. The Labute approximate surface area is 136 Å². The molecule has 2 aromatic carbocycles. The standard InChI is InChI=1S/C20H21NO2/c1-3-12-20(2)13-7-14-21(19(20)23)18(22)17-11-6-9-15-8-4-5-10-16(15)17/h3-6,8-11H,1,7,12-14H2,2H3. The molecule has 1 unspecified atom stereocenters. The van der Waals surface area contributed by atoms with E-state index in [2.05, 4.69) is 6.58 Å². The highest BCUT2D eigenvalue weighted by Gasteiger charge is 2.41. The minimum Gasteiger partial charge on any atom is -0.278 e. The third kappa shape index (κ3) is 2.67. The number of allylic oxidation sites excluding steroid dienone is 1. The highest BCUT2D eigenvalue weighted by molar-refractivity contribution is 6.13. The van der Waals surface area contributed by atoms with Crippen molar-refractivity contribution in [2.75, 3.05) is 6.54 Å². The topological polar surface area (TPSA) is 37.4 Å². The monoisotopic (exact) mass is 307 g/mol. The lowest BCUT2D eigenvalue weighted by Crippen LogP contribution is -2.49. The van der Waals surface area contributed by atoms with E-state index in [1.807, 2.05) is 43.3 Å². The summed E-state index contributed by atoms with van der Waals surface area (Å²) in [6, 6.07) is 13.4. The molecule has 3 heteroatoms. The Morgan fingerprint density at radius 2 is 2.00 bits per heavy atom. The number of hydrogen-bond acceptors (Lipinski definition) is 2. The van der Waals surface area contributed by atoms with Gasteiger partial charge >= 0.3 is 0 Å². The van der Waals surface area contributed by atoms with Crippen LogP contribution < -0.4 is 0 Å². The van der Waals surface area contributed by atoms with Crippen LogP contribution in [-0.4, -0.2) is 23.3 Å². The minimum atomic E-state index is -0.514. The summed E-state index contributed by atoms with van der Waals surface area (Å²) in [5.41, 5.74) is 0.0829. The summed E-state index contributed by atoms with van der Waals surface area (Å²) in [7, 11) is 0. The van der Waals surface area contributed by atoms with Crippen molar-refractivity contribution in [3.05, 3.63) is 60.7 Å². The predicted molar refractivity (Wildman–Crippen MR) is 92.1 cm³/mol. The lowest BCUT2D eigenvalue weighted by atomic mass is 9.78. The molecule has 1 aliphatic heterocycles. The van der Waals surface area contributed by atoms with E-state index >= 15 is 0 Å². The van der Waals surface area contributed by atoms with E-state index in [1.165, 1.54) is 4.90 Å². The molecule has 3 nitrogen and oxygen atoms in total. The Kier molecular flexibility index (Phi) is 4.03. The number of amides is 2. The van der Waals surface area contributed by atoms with Crippen molar-refractivity contribution in [1.29, 1.82) is 0 Å². The quantitative estimate of drug-likeness (QED) is 0.630. The number of imide groups is 1. The summed E-state index contributed by atoms with van der Waals surface area (Å²) >= 11 is 0. The fourth-order valence-corrected chi connectivity index (χ4v) is 3.42. The maximum Gasteiger partial charge on any atom is 0.261 e. The van der Waals surface area contributed by atoms with Gasteiger partial charge in [-0.05, 0) is 36.1 Å². The first-order valence-electron chi connectivity index (χ1n) is 8.02. The zero-order valence-electron chi connectivity index (χ0n) is 13.4. The maximum atomic E-state index is 13.0. The number of piperidine rings is 1. The third-order valence-electron chi connectivity index (χ3n) is 4.73. The molecule has 0 spiro atoms. The van der Waals surface area contributed by atoms with E-state index in [9.17, 15) is 9.59 Å². The summed E-state index contributed by atoms with van der Waals surface area (Å²) in [6.07, 6.45) is 4.01. The maximum absolute atomic E-state index is 13.0. The highest BCUT2D eigenvalue weighted by atomic mass is 16.2. The van der Waals surface area contributed by atoms with E-state index in [0.717, 1.165) is 23.6 Å². The van der Waals surface area contributed by atoms with E-state index in [0.29, 0.717) is 18.5 Å². The first-order valence-corrected chi connectivity index (χ1v) is 8.02. The molecule has 0 saturated carbocycles. The molecule has 1 fully saturated rings. The van der Waals surface area contributed by atoms with Gasteiger partial charge in [0.15, 0.2) is 0 Å². The molecule has 2 aromatic rings. The van der Waals surface area contributed by atoms with Gasteiger partial charge in [-0.25, -0.2) is 0 Å². The first kappa shape index (κ1) is 15.5. The number of hydrogen-bond donors (Lipinski definition) is 0. The molecular formula is C20H21NO2. The van der Waals surface area contributed by atoms with E-state index < -0.39 is 5.41 Å². The average molecular weight is 307 g/mol. The van der Waals surface area contributed by atoms with Gasteiger partial charge in [-0.1, -0.05) is 49.4 Å². The zero-order valence-corrected chi connectivity index (χ0v) is 13.4. The van der Waals surface area contributed by atoms with Gasteiger partial charge in [0.25, 0.3) is 5.91 Å².